The number of hydrazone groups is 1. The summed E-state index contributed by atoms with van der Waals surface area (Å²) in [6.07, 6.45) is 2.79. The number of nitrogens with zero attached hydrogens (tertiary/aromatic N) is 5. The van der Waals surface area contributed by atoms with E-state index in [0.29, 0.717) is 12.1 Å². The molecule has 2 N–H and O–H groups in total. The summed E-state index contributed by atoms with van der Waals surface area (Å²) in [5.41, 5.74) is 5.08. The molecule has 0 aliphatic carbocycles. The molecule has 1 aromatic carbocycles. The molecule has 14 nitrogen and oxygen atoms in total. The highest BCUT2D eigenvalue weighted by molar-refractivity contribution is 7.70. The molecular formula is C31H41N6O8P. The summed E-state index contributed by atoms with van der Waals surface area (Å²) in [5, 5.41) is 16.6. The van der Waals surface area contributed by atoms with Crippen LogP contribution in [-0.4, -0.2) is 84.1 Å². The molecule has 15 heteroatoms. The Morgan fingerprint density at radius 3 is 2.70 bits per heavy atom. The Kier molecular flexibility index (Phi) is 10.0. The molecule has 248 valence electrons. The van der Waals surface area contributed by atoms with Crippen LogP contribution >= 0.6 is 7.60 Å². The summed E-state index contributed by atoms with van der Waals surface area (Å²) in [4.78, 5) is 20.9. The third-order valence-electron chi connectivity index (χ3n) is 8.43. The molecule has 2 fully saturated rings. The standard InChI is InChI=1S/C31H41N6O8P/c1-6-21(7-2)15-40-29(38)20(3)35-19-46(39,45-22-11-9-8-10-12-22)41-16-24-26-27(44-30(4,5)43-26)31(17-32,42-24)25-14-13-23-28(33)34-18-36-37(23)25/h8-13,18-21,24-27H,6-7,14-16H2,1-5H3,(H2,33,34,36)/b35-19-/t20-,24+,25?,26+,27+,31-,46?/m0/s1. The third-order valence-corrected chi connectivity index (χ3v) is 9.82. The minimum atomic E-state index is -4.15. The highest BCUT2D eigenvalue weighted by Crippen LogP contribution is 2.51. The SMILES string of the molecule is CCC(CC)COC(=O)[C@H](C)/N=C\P(=O)(OC[C@H]1O[C@@](C#N)(C2CC=C3C(N)=NC=NN32)[C@@H]2OC(C)(C)O[C@@H]21)Oc1ccccc1. The number of esters is 1. The quantitative estimate of drug-likeness (QED) is 0.183. The lowest BCUT2D eigenvalue weighted by molar-refractivity contribution is -0.209. The molecule has 2 saturated heterocycles. The fraction of sp³-hybridized carbons (Fsp3) is 0.581. The molecule has 0 aromatic heterocycles. The van der Waals surface area contributed by atoms with Crippen LogP contribution < -0.4 is 10.3 Å². The molecule has 1 aromatic rings. The minimum Gasteiger partial charge on any atom is -0.464 e. The number of fused-ring (bicyclic) bond motifs is 2. The zero-order valence-corrected chi connectivity index (χ0v) is 27.5. The summed E-state index contributed by atoms with van der Waals surface area (Å²) in [6, 6.07) is 9.22. The van der Waals surface area contributed by atoms with Gasteiger partial charge in [-0.05, 0) is 45.2 Å². The van der Waals surface area contributed by atoms with E-state index in [1.807, 2.05) is 19.9 Å². The van der Waals surface area contributed by atoms with E-state index in [0.717, 1.165) is 18.8 Å². The van der Waals surface area contributed by atoms with Crippen LogP contribution in [0.5, 0.6) is 5.75 Å². The van der Waals surface area contributed by atoms with Gasteiger partial charge in [0.15, 0.2) is 11.6 Å². The van der Waals surface area contributed by atoms with Gasteiger partial charge in [0.25, 0.3) is 0 Å². The van der Waals surface area contributed by atoms with Crippen molar-refractivity contribution < 1.29 is 37.4 Å². The van der Waals surface area contributed by atoms with E-state index in [9.17, 15) is 14.6 Å². The highest BCUT2D eigenvalue weighted by Gasteiger charge is 2.68. The lowest BCUT2D eigenvalue weighted by Crippen LogP contribution is -2.56. The number of aliphatic imine (C=N–C) groups is 2. The first kappa shape index (κ1) is 33.8. The van der Waals surface area contributed by atoms with Gasteiger partial charge in [-0.1, -0.05) is 51.0 Å². The number of carbonyl (C=O) groups is 1. The Labute approximate surface area is 268 Å². The summed E-state index contributed by atoms with van der Waals surface area (Å²) in [6.45, 7) is 9.07. The van der Waals surface area contributed by atoms with Gasteiger partial charge in [-0.15, -0.1) is 0 Å². The Morgan fingerprint density at radius 1 is 1.26 bits per heavy atom. The smallest absolute Gasteiger partial charge is 0.421 e. The van der Waals surface area contributed by atoms with Crippen LogP contribution in [0, 0.1) is 17.2 Å². The second-order valence-corrected chi connectivity index (χ2v) is 13.8. The van der Waals surface area contributed by atoms with Crippen LogP contribution in [0.25, 0.3) is 0 Å². The molecule has 4 aliphatic heterocycles. The average molecular weight is 657 g/mol. The third kappa shape index (κ3) is 6.89. The molecule has 0 saturated carbocycles. The number of carbonyl (C=O) groups excluding carboxylic acids is 1. The van der Waals surface area contributed by atoms with Gasteiger partial charge in [-0.2, -0.15) is 10.4 Å². The molecule has 4 heterocycles. The summed E-state index contributed by atoms with van der Waals surface area (Å²) in [7, 11) is -4.15. The van der Waals surface area contributed by atoms with Crippen molar-refractivity contribution in [1.82, 2.24) is 5.01 Å². The number of nitriles is 1. The first-order valence-corrected chi connectivity index (χ1v) is 17.1. The van der Waals surface area contributed by atoms with Crippen molar-refractivity contribution in [3.63, 3.8) is 0 Å². The Morgan fingerprint density at radius 2 is 2.00 bits per heavy atom. The lowest BCUT2D eigenvalue weighted by atomic mass is 9.87. The van der Waals surface area contributed by atoms with Crippen LogP contribution in [0.1, 0.15) is 53.9 Å². The summed E-state index contributed by atoms with van der Waals surface area (Å²) >= 11 is 0. The highest BCUT2D eigenvalue weighted by atomic mass is 31.2. The number of hydrogen-bond acceptors (Lipinski definition) is 14. The van der Waals surface area contributed by atoms with Crippen molar-refractivity contribution in [2.75, 3.05) is 13.2 Å². The first-order valence-electron chi connectivity index (χ1n) is 15.4. The minimum absolute atomic E-state index is 0.248. The van der Waals surface area contributed by atoms with E-state index in [4.69, 9.17) is 33.7 Å². The molecule has 0 amide bonds. The molecule has 2 unspecified atom stereocenters. The predicted octanol–water partition coefficient (Wildman–Crippen LogP) is 4.12. The molecule has 0 spiro atoms. The van der Waals surface area contributed by atoms with Crippen molar-refractivity contribution in [2.45, 2.75) is 95.7 Å². The zero-order valence-electron chi connectivity index (χ0n) is 26.6. The molecule has 0 radical (unpaired) electrons. The van der Waals surface area contributed by atoms with Gasteiger partial charge in [0, 0.05) is 0 Å². The second-order valence-electron chi connectivity index (χ2n) is 12.0. The molecule has 4 aliphatic rings. The zero-order chi connectivity index (χ0) is 33.1. The van der Waals surface area contributed by atoms with E-state index in [1.54, 1.807) is 56.1 Å². The van der Waals surface area contributed by atoms with E-state index < -0.39 is 55.3 Å². The molecule has 5 rings (SSSR count). The van der Waals surface area contributed by atoms with E-state index in [-0.39, 0.29) is 30.7 Å². The lowest BCUT2D eigenvalue weighted by Gasteiger charge is -2.38. The Bertz CT molecular complexity index is 1490. The molecule has 46 heavy (non-hydrogen) atoms. The number of nitrogens with two attached hydrogens (primary N) is 1. The predicted molar refractivity (Wildman–Crippen MR) is 169 cm³/mol. The number of rotatable bonds is 13. The normalized spacial score (nSPS) is 29.9. The topological polar surface area (TPSA) is 180 Å². The van der Waals surface area contributed by atoms with Crippen molar-refractivity contribution in [3.8, 4) is 11.8 Å². The van der Waals surface area contributed by atoms with Crippen LogP contribution in [-0.2, 0) is 32.8 Å². The average Bonchev–Trinajstić information content (AvgIpc) is 3.70. The maximum absolute atomic E-state index is 14.2. The maximum atomic E-state index is 14.2. The van der Waals surface area contributed by atoms with Gasteiger partial charge in [0.2, 0.25) is 5.60 Å². The van der Waals surface area contributed by atoms with Gasteiger partial charge in [-0.25, -0.2) is 14.4 Å². The van der Waals surface area contributed by atoms with Crippen LogP contribution in [0.3, 0.4) is 0 Å². The largest absolute Gasteiger partial charge is 0.464 e. The number of para-hydroxylation sites is 1. The molecule has 0 bridgehead atoms. The fourth-order valence-electron chi connectivity index (χ4n) is 5.83. The Balaban J connectivity index is 1.36. The monoisotopic (exact) mass is 656 g/mol. The van der Waals surface area contributed by atoms with Gasteiger partial charge < -0.3 is 29.2 Å². The van der Waals surface area contributed by atoms with Crippen LogP contribution in [0.15, 0.2) is 57.2 Å². The van der Waals surface area contributed by atoms with Gasteiger partial charge in [0.05, 0.1) is 18.9 Å². The van der Waals surface area contributed by atoms with Crippen molar-refractivity contribution in [3.05, 3.63) is 42.1 Å². The van der Waals surface area contributed by atoms with Gasteiger partial charge >= 0.3 is 13.6 Å². The van der Waals surface area contributed by atoms with Gasteiger partial charge in [-0.3, -0.25) is 14.5 Å². The number of benzene rings is 1. The number of hydrogen-bond donors (Lipinski definition) is 1. The van der Waals surface area contributed by atoms with E-state index in [1.165, 1.54) is 6.34 Å². The van der Waals surface area contributed by atoms with Crippen molar-refractivity contribution in [1.29, 1.82) is 5.26 Å². The van der Waals surface area contributed by atoms with Crippen molar-refractivity contribution >= 4 is 31.7 Å². The second kappa shape index (κ2) is 13.6. The molecular weight excluding hydrogens is 615 g/mol. The fourth-order valence-corrected chi connectivity index (χ4v) is 7.13. The number of amidine groups is 1. The summed E-state index contributed by atoms with van der Waals surface area (Å²) < 4.78 is 50.3. The van der Waals surface area contributed by atoms with E-state index in [2.05, 4.69) is 21.2 Å². The van der Waals surface area contributed by atoms with Gasteiger partial charge in [0.1, 0.15) is 54.5 Å². The molecule has 7 atom stereocenters. The maximum Gasteiger partial charge on any atom is 0.421 e. The van der Waals surface area contributed by atoms with Crippen LogP contribution in [0.2, 0.25) is 0 Å². The Hall–Kier alpha value is -3.60. The summed E-state index contributed by atoms with van der Waals surface area (Å²) in [5.74, 6) is 0.209. The van der Waals surface area contributed by atoms with E-state index >= 15 is 0 Å². The first-order chi connectivity index (χ1) is 21.9. The van der Waals surface area contributed by atoms with Crippen molar-refractivity contribution in [2.24, 2.45) is 26.7 Å². The van der Waals surface area contributed by atoms with Crippen LogP contribution in [0.4, 0.5) is 0 Å². The number of ether oxygens (including phenoxy) is 4.